The summed E-state index contributed by atoms with van der Waals surface area (Å²) in [6.45, 7) is 1.75. The lowest BCUT2D eigenvalue weighted by atomic mass is 10.3. The quantitative estimate of drug-likeness (QED) is 0.101. The number of nitrogens with two attached hydrogens (primary N) is 2. The van der Waals surface area contributed by atoms with Crippen LogP contribution < -0.4 is 33.4 Å². The first kappa shape index (κ1) is 22.3. The lowest BCUT2D eigenvalue weighted by Gasteiger charge is -2.18. The van der Waals surface area contributed by atoms with Crippen molar-refractivity contribution in [1.82, 2.24) is 31.5 Å². The summed E-state index contributed by atoms with van der Waals surface area (Å²) < 4.78 is 5.43. The van der Waals surface area contributed by atoms with Gasteiger partial charge < -0.3 is 24.4 Å². The maximum absolute atomic E-state index is 9.15. The first-order valence-corrected chi connectivity index (χ1v) is 9.64. The van der Waals surface area contributed by atoms with Crippen LogP contribution in [0.15, 0.2) is 43.0 Å². The molecule has 2 aliphatic heterocycles. The molecule has 0 saturated carbocycles. The molecule has 15 heteroatoms. The maximum atomic E-state index is 9.15. The molecule has 0 fully saturated rings. The van der Waals surface area contributed by atoms with Crippen LogP contribution in [0, 0.1) is 0 Å². The molecule has 170 valence electrons. The molecule has 0 bridgehead atoms. The number of β-amino-alcohol motifs (C(OH)–C–C–N with tert-alkyl or cyclic N) is 2. The lowest BCUT2D eigenvalue weighted by molar-refractivity contribution is 0.247. The van der Waals surface area contributed by atoms with Crippen molar-refractivity contribution in [2.75, 3.05) is 39.4 Å². The van der Waals surface area contributed by atoms with Gasteiger partial charge in [0.25, 0.3) is 0 Å². The number of hydrogen-bond acceptors (Lipinski definition) is 15. The minimum atomic E-state index is -0.367. The van der Waals surface area contributed by atoms with E-state index in [2.05, 4.69) is 41.9 Å². The van der Waals surface area contributed by atoms with Crippen molar-refractivity contribution in [3.05, 3.63) is 24.2 Å². The predicted molar refractivity (Wildman–Crippen MR) is 114 cm³/mol. The first-order valence-electron chi connectivity index (χ1n) is 9.64. The molecule has 10 N–H and O–H groups in total. The molecular formula is C16H28N12O3. The zero-order valence-electron chi connectivity index (χ0n) is 16.8. The molecule has 0 radical (unpaired) electrons. The topological polar surface area (TPSA) is 210 Å². The summed E-state index contributed by atoms with van der Waals surface area (Å²) in [6, 6.07) is 3.50. The Hall–Kier alpha value is -3.40. The Morgan fingerprint density at radius 2 is 1.71 bits per heavy atom. The van der Waals surface area contributed by atoms with Gasteiger partial charge in [-0.15, -0.1) is 0 Å². The third kappa shape index (κ3) is 5.82. The Morgan fingerprint density at radius 3 is 2.23 bits per heavy atom. The van der Waals surface area contributed by atoms with Gasteiger partial charge in [-0.1, -0.05) is 0 Å². The fourth-order valence-electron chi connectivity index (χ4n) is 3.06. The lowest BCUT2D eigenvalue weighted by Crippen LogP contribution is -2.44. The minimum absolute atomic E-state index is 0.0154. The average Bonchev–Trinajstić information content (AvgIpc) is 3.51. The molecule has 1 aromatic rings. The second kappa shape index (κ2) is 11.1. The molecule has 0 spiro atoms. The zero-order valence-corrected chi connectivity index (χ0v) is 16.8. The molecule has 1 aromatic heterocycles. The van der Waals surface area contributed by atoms with Gasteiger partial charge in [-0.2, -0.15) is 10.2 Å². The predicted octanol–water partition coefficient (Wildman–Crippen LogP) is -3.94. The molecule has 15 nitrogen and oxygen atoms in total. The van der Waals surface area contributed by atoms with Gasteiger partial charge >= 0.3 is 0 Å². The molecule has 0 saturated heterocycles. The van der Waals surface area contributed by atoms with Crippen LogP contribution in [0.2, 0.25) is 0 Å². The highest BCUT2D eigenvalue weighted by molar-refractivity contribution is 6.37. The van der Waals surface area contributed by atoms with Crippen LogP contribution in [-0.4, -0.2) is 95.6 Å². The number of aliphatic imine (C=N–C) groups is 2. The van der Waals surface area contributed by atoms with Gasteiger partial charge in [-0.3, -0.25) is 21.7 Å². The monoisotopic (exact) mass is 436 g/mol. The van der Waals surface area contributed by atoms with Crippen molar-refractivity contribution in [2.24, 2.45) is 31.9 Å². The molecule has 2 atom stereocenters. The molecule has 0 aliphatic carbocycles. The van der Waals surface area contributed by atoms with Gasteiger partial charge in [0.15, 0.2) is 18.1 Å². The SMILES string of the molecule is NNC1=NC(NN=CC(=NNC2CN(CCO)C(NN)=N2)c2ccco2)CN1CCO. The highest BCUT2D eigenvalue weighted by Crippen LogP contribution is 2.07. The third-order valence-corrected chi connectivity index (χ3v) is 4.46. The molecule has 0 amide bonds. The Balaban J connectivity index is 1.63. The van der Waals surface area contributed by atoms with E-state index in [0.717, 1.165) is 0 Å². The van der Waals surface area contributed by atoms with Gasteiger partial charge in [0.05, 0.1) is 38.8 Å². The van der Waals surface area contributed by atoms with Gasteiger partial charge in [-0.25, -0.2) is 21.7 Å². The van der Waals surface area contributed by atoms with Crippen molar-refractivity contribution >= 4 is 23.8 Å². The van der Waals surface area contributed by atoms with Crippen molar-refractivity contribution in [1.29, 1.82) is 0 Å². The first-order chi connectivity index (χ1) is 15.2. The summed E-state index contributed by atoms with van der Waals surface area (Å²) in [5, 5.41) is 26.8. The minimum Gasteiger partial charge on any atom is -0.463 e. The van der Waals surface area contributed by atoms with Crippen LogP contribution >= 0.6 is 0 Å². The zero-order chi connectivity index (χ0) is 22.1. The molecule has 3 rings (SSSR count). The highest BCUT2D eigenvalue weighted by atomic mass is 16.3. The highest BCUT2D eigenvalue weighted by Gasteiger charge is 2.25. The Kier molecular flexibility index (Phi) is 7.99. The standard InChI is InChI=1S/C16H28N12O3/c17-22-15-20-13(9-27(15)3-5-29)25-19-8-11(12-2-1-7-31-12)24-26-14-10-28(4-6-30)16(21-14)23-18/h1-2,7-8,13-14,25-26,29-30H,3-6,9-10,17-18H2,(H,20,22)(H,21,23). The summed E-state index contributed by atoms with van der Waals surface area (Å²) in [5.41, 5.74) is 11.3. The van der Waals surface area contributed by atoms with Crippen LogP contribution in [0.4, 0.5) is 0 Å². The van der Waals surface area contributed by atoms with Crippen LogP contribution in [-0.2, 0) is 0 Å². The van der Waals surface area contributed by atoms with Crippen molar-refractivity contribution < 1.29 is 14.6 Å². The van der Waals surface area contributed by atoms with Crippen molar-refractivity contribution in [3.8, 4) is 0 Å². The van der Waals surface area contributed by atoms with E-state index in [1.54, 1.807) is 21.9 Å². The van der Waals surface area contributed by atoms with Crippen LogP contribution in [0.1, 0.15) is 5.76 Å². The van der Waals surface area contributed by atoms with E-state index in [9.17, 15) is 0 Å². The molecule has 2 aliphatic rings. The Morgan fingerprint density at radius 1 is 1.10 bits per heavy atom. The van der Waals surface area contributed by atoms with E-state index in [1.165, 1.54) is 12.5 Å². The van der Waals surface area contributed by atoms with Gasteiger partial charge in [-0.05, 0) is 12.1 Å². The fourth-order valence-corrected chi connectivity index (χ4v) is 3.06. The number of nitrogens with zero attached hydrogens (tertiary/aromatic N) is 6. The number of aliphatic hydroxyl groups excluding tert-OH is 2. The average molecular weight is 436 g/mol. The van der Waals surface area contributed by atoms with Crippen LogP contribution in [0.3, 0.4) is 0 Å². The summed E-state index contributed by atoms with van der Waals surface area (Å²) in [4.78, 5) is 12.3. The number of guanidine groups is 2. The fraction of sp³-hybridized carbons (Fsp3) is 0.500. The number of rotatable bonds is 10. The summed E-state index contributed by atoms with van der Waals surface area (Å²) in [5.74, 6) is 12.4. The number of furan rings is 1. The molecular weight excluding hydrogens is 408 g/mol. The van der Waals surface area contributed by atoms with E-state index in [0.29, 0.717) is 49.6 Å². The van der Waals surface area contributed by atoms with Gasteiger partial charge in [0.2, 0.25) is 11.9 Å². The second-order valence-electron chi connectivity index (χ2n) is 6.56. The summed E-state index contributed by atoms with van der Waals surface area (Å²) in [6.07, 6.45) is 2.32. The molecule has 31 heavy (non-hydrogen) atoms. The van der Waals surface area contributed by atoms with E-state index < -0.39 is 0 Å². The number of nitrogens with one attached hydrogen (secondary N) is 4. The number of hydrazone groups is 2. The van der Waals surface area contributed by atoms with E-state index in [1.807, 2.05) is 0 Å². The number of aliphatic hydroxyl groups is 2. The van der Waals surface area contributed by atoms with E-state index in [-0.39, 0.29) is 25.5 Å². The normalized spacial score (nSPS) is 21.5. The third-order valence-electron chi connectivity index (χ3n) is 4.46. The molecule has 0 aromatic carbocycles. The van der Waals surface area contributed by atoms with Crippen LogP contribution in [0.25, 0.3) is 0 Å². The molecule has 2 unspecified atom stereocenters. The second-order valence-corrected chi connectivity index (χ2v) is 6.56. The maximum Gasteiger partial charge on any atom is 0.210 e. The Labute approximate surface area is 178 Å². The smallest absolute Gasteiger partial charge is 0.210 e. The summed E-state index contributed by atoms with van der Waals surface area (Å²) >= 11 is 0. The van der Waals surface area contributed by atoms with Crippen molar-refractivity contribution in [3.63, 3.8) is 0 Å². The van der Waals surface area contributed by atoms with Gasteiger partial charge in [0.1, 0.15) is 5.71 Å². The van der Waals surface area contributed by atoms with Gasteiger partial charge in [0, 0.05) is 13.1 Å². The van der Waals surface area contributed by atoms with E-state index >= 15 is 0 Å². The Bertz CT molecular complexity index is 809. The number of hydrogen-bond donors (Lipinski definition) is 8. The largest absolute Gasteiger partial charge is 0.463 e. The van der Waals surface area contributed by atoms with E-state index in [4.69, 9.17) is 26.3 Å². The van der Waals surface area contributed by atoms with Crippen LogP contribution in [0.5, 0.6) is 0 Å². The number of hydrazine groups is 2. The summed E-state index contributed by atoms with van der Waals surface area (Å²) in [7, 11) is 0. The molecule has 3 heterocycles. The van der Waals surface area contributed by atoms with Crippen molar-refractivity contribution in [2.45, 2.75) is 12.3 Å².